The third-order valence-electron chi connectivity index (χ3n) is 12.6. The number of fused-ring (bicyclic) bond motifs is 10. The van der Waals surface area contributed by atoms with Crippen LogP contribution in [0.3, 0.4) is 0 Å². The Hall–Kier alpha value is -8.54. The van der Waals surface area contributed by atoms with Gasteiger partial charge in [-0.2, -0.15) is 0 Å². The van der Waals surface area contributed by atoms with Gasteiger partial charge in [0.15, 0.2) is 5.82 Å². The molecule has 0 aliphatic carbocycles. The van der Waals surface area contributed by atoms with Gasteiger partial charge in [-0.3, -0.25) is 0 Å². The molecular weight excluding hydrogens is 767 g/mol. The van der Waals surface area contributed by atoms with E-state index in [4.69, 9.17) is 9.97 Å². The molecule has 0 aliphatic rings. The van der Waals surface area contributed by atoms with Crippen molar-refractivity contribution in [2.75, 3.05) is 0 Å². The van der Waals surface area contributed by atoms with Crippen LogP contribution < -0.4 is 0 Å². The SMILES string of the molecule is c1ccc(-c2cc(-c3cc4c(cc3-n3c5ccccc5c5c3ccc3c6ccccc6n(-c6ccccc6)c35)c3ccccc3n4-c3ccccc3)nc(-c3ccccc3)n2)cc1. The van der Waals surface area contributed by atoms with Crippen molar-refractivity contribution in [3.8, 4) is 51.0 Å². The second-order valence-electron chi connectivity index (χ2n) is 16.2. The molecule has 294 valence electrons. The van der Waals surface area contributed by atoms with E-state index in [-0.39, 0.29) is 0 Å². The monoisotopic (exact) mass is 803 g/mol. The Kier molecular flexibility index (Phi) is 7.84. The number of aromatic nitrogens is 5. The molecule has 13 rings (SSSR count). The molecule has 0 saturated heterocycles. The second-order valence-corrected chi connectivity index (χ2v) is 16.2. The third kappa shape index (κ3) is 5.43. The average molecular weight is 804 g/mol. The lowest BCUT2D eigenvalue weighted by Crippen LogP contribution is -2.02. The van der Waals surface area contributed by atoms with E-state index in [1.165, 1.54) is 43.4 Å². The first-order valence-electron chi connectivity index (χ1n) is 21.4. The summed E-state index contributed by atoms with van der Waals surface area (Å²) in [6.07, 6.45) is 0. The van der Waals surface area contributed by atoms with Crippen LogP contribution in [-0.2, 0) is 0 Å². The molecule has 0 atom stereocenters. The summed E-state index contributed by atoms with van der Waals surface area (Å²) in [5.74, 6) is 0.679. The zero-order valence-corrected chi connectivity index (χ0v) is 34.1. The van der Waals surface area contributed by atoms with E-state index in [1.807, 2.05) is 6.07 Å². The quantitative estimate of drug-likeness (QED) is 0.168. The molecule has 0 saturated carbocycles. The van der Waals surface area contributed by atoms with Crippen molar-refractivity contribution in [2.45, 2.75) is 0 Å². The summed E-state index contributed by atoms with van der Waals surface area (Å²) in [7, 11) is 0. The van der Waals surface area contributed by atoms with Crippen LogP contribution in [0, 0.1) is 0 Å². The molecule has 5 heteroatoms. The van der Waals surface area contributed by atoms with Crippen molar-refractivity contribution < 1.29 is 0 Å². The highest BCUT2D eigenvalue weighted by atomic mass is 15.0. The number of benzene rings is 9. The molecule has 63 heavy (non-hydrogen) atoms. The van der Waals surface area contributed by atoms with E-state index < -0.39 is 0 Å². The average Bonchev–Trinajstić information content (AvgIpc) is 4.00. The van der Waals surface area contributed by atoms with Crippen LogP contribution in [0.2, 0.25) is 0 Å². The molecule has 0 amide bonds. The molecule has 0 bridgehead atoms. The maximum Gasteiger partial charge on any atom is 0.160 e. The number of hydrogen-bond donors (Lipinski definition) is 0. The van der Waals surface area contributed by atoms with Crippen molar-refractivity contribution in [2.24, 2.45) is 0 Å². The van der Waals surface area contributed by atoms with Gasteiger partial charge in [0.1, 0.15) is 0 Å². The summed E-state index contributed by atoms with van der Waals surface area (Å²) in [6.45, 7) is 0. The van der Waals surface area contributed by atoms with Gasteiger partial charge in [0.2, 0.25) is 0 Å². The molecule has 0 fully saturated rings. The van der Waals surface area contributed by atoms with E-state index >= 15 is 0 Å². The van der Waals surface area contributed by atoms with Crippen LogP contribution in [-0.4, -0.2) is 23.7 Å². The topological polar surface area (TPSA) is 40.6 Å². The molecule has 13 aromatic rings. The van der Waals surface area contributed by atoms with Crippen LogP contribution in [0.4, 0.5) is 0 Å². The summed E-state index contributed by atoms with van der Waals surface area (Å²) in [4.78, 5) is 10.7. The normalized spacial score (nSPS) is 11.8. The number of para-hydroxylation sites is 5. The van der Waals surface area contributed by atoms with E-state index in [1.54, 1.807) is 0 Å². The van der Waals surface area contributed by atoms with Crippen LogP contribution in [0.25, 0.3) is 116 Å². The van der Waals surface area contributed by atoms with Crippen LogP contribution in [0.1, 0.15) is 0 Å². The predicted octanol–water partition coefficient (Wildman–Crippen LogP) is 14.8. The molecule has 4 aromatic heterocycles. The van der Waals surface area contributed by atoms with Crippen LogP contribution >= 0.6 is 0 Å². The van der Waals surface area contributed by atoms with Crippen LogP contribution in [0.5, 0.6) is 0 Å². The van der Waals surface area contributed by atoms with Crippen LogP contribution in [0.15, 0.2) is 224 Å². The zero-order valence-electron chi connectivity index (χ0n) is 34.1. The first kappa shape index (κ1) is 35.2. The van der Waals surface area contributed by atoms with E-state index in [9.17, 15) is 0 Å². The Morgan fingerprint density at radius 2 is 0.810 bits per heavy atom. The minimum atomic E-state index is 0.679. The van der Waals surface area contributed by atoms with Crippen molar-refractivity contribution in [3.05, 3.63) is 224 Å². The van der Waals surface area contributed by atoms with Gasteiger partial charge in [-0.1, -0.05) is 158 Å². The Labute approximate surface area is 363 Å². The second kappa shape index (κ2) is 14.0. The maximum atomic E-state index is 5.49. The first-order chi connectivity index (χ1) is 31.3. The fourth-order valence-electron chi connectivity index (χ4n) is 9.92. The molecule has 0 aliphatic heterocycles. The summed E-state index contributed by atoms with van der Waals surface area (Å²) < 4.78 is 7.32. The largest absolute Gasteiger partial charge is 0.309 e. The summed E-state index contributed by atoms with van der Waals surface area (Å²) >= 11 is 0. The van der Waals surface area contributed by atoms with Gasteiger partial charge in [0, 0.05) is 60.4 Å². The predicted molar refractivity (Wildman–Crippen MR) is 261 cm³/mol. The van der Waals surface area contributed by atoms with Gasteiger partial charge >= 0.3 is 0 Å². The number of rotatable bonds is 6. The smallest absolute Gasteiger partial charge is 0.160 e. The molecule has 4 heterocycles. The molecule has 0 N–H and O–H groups in total. The van der Waals surface area contributed by atoms with E-state index in [0.29, 0.717) is 5.82 Å². The lowest BCUT2D eigenvalue weighted by Gasteiger charge is -2.17. The molecule has 0 radical (unpaired) electrons. The molecule has 0 unspecified atom stereocenters. The molecule has 9 aromatic carbocycles. The lowest BCUT2D eigenvalue weighted by atomic mass is 10.0. The Morgan fingerprint density at radius 1 is 0.302 bits per heavy atom. The summed E-state index contributed by atoms with van der Waals surface area (Å²) in [5.41, 5.74) is 14.9. The van der Waals surface area contributed by atoms with E-state index in [2.05, 4.69) is 232 Å². The Bertz CT molecular complexity index is 3820. The van der Waals surface area contributed by atoms with E-state index in [0.717, 1.165) is 67.2 Å². The fourth-order valence-corrected chi connectivity index (χ4v) is 9.92. The molecular formula is C58H37N5. The van der Waals surface area contributed by atoms with Crippen molar-refractivity contribution in [1.82, 2.24) is 23.7 Å². The third-order valence-corrected chi connectivity index (χ3v) is 12.6. The first-order valence-corrected chi connectivity index (χ1v) is 21.4. The Balaban J connectivity index is 1.21. The Morgan fingerprint density at radius 3 is 1.48 bits per heavy atom. The minimum Gasteiger partial charge on any atom is -0.309 e. The number of nitrogens with zero attached hydrogens (tertiary/aromatic N) is 5. The van der Waals surface area contributed by atoms with Gasteiger partial charge < -0.3 is 13.7 Å². The minimum absolute atomic E-state index is 0.679. The molecule has 5 nitrogen and oxygen atoms in total. The van der Waals surface area contributed by atoms with Gasteiger partial charge in [0.05, 0.1) is 50.2 Å². The van der Waals surface area contributed by atoms with Gasteiger partial charge in [0.25, 0.3) is 0 Å². The van der Waals surface area contributed by atoms with Gasteiger partial charge in [-0.05, 0) is 66.7 Å². The fraction of sp³-hybridized carbons (Fsp3) is 0. The van der Waals surface area contributed by atoms with Gasteiger partial charge in [-0.15, -0.1) is 0 Å². The van der Waals surface area contributed by atoms with Crippen molar-refractivity contribution in [1.29, 1.82) is 0 Å². The highest BCUT2D eigenvalue weighted by molar-refractivity contribution is 6.26. The number of hydrogen-bond acceptors (Lipinski definition) is 2. The standard InChI is InChI=1S/C58H37N5/c1-5-19-38(20-6-1)48-37-49(60-58(59-48)39-21-7-2-8-22-39)47-36-54-46(43-28-14-16-30-50(43)61(54)40-23-9-3-10-24-40)35-55(47)63-52-32-18-15-29-45(52)56-53(63)34-33-44-42-27-13-17-31-51(42)62(57(44)56)41-25-11-4-12-26-41/h1-37H. The highest BCUT2D eigenvalue weighted by Crippen LogP contribution is 2.45. The summed E-state index contributed by atoms with van der Waals surface area (Å²) in [6, 6.07) is 80.2. The summed E-state index contributed by atoms with van der Waals surface area (Å²) in [5, 5.41) is 7.21. The highest BCUT2D eigenvalue weighted by Gasteiger charge is 2.25. The van der Waals surface area contributed by atoms with Gasteiger partial charge in [-0.25, -0.2) is 9.97 Å². The van der Waals surface area contributed by atoms with Crippen molar-refractivity contribution >= 4 is 65.4 Å². The lowest BCUT2D eigenvalue weighted by molar-refractivity contribution is 1.14. The van der Waals surface area contributed by atoms with Crippen molar-refractivity contribution in [3.63, 3.8) is 0 Å². The maximum absolute atomic E-state index is 5.49. The zero-order chi connectivity index (χ0) is 41.4. The molecule has 0 spiro atoms.